The van der Waals surface area contributed by atoms with Crippen LogP contribution in [-0.4, -0.2) is 19.7 Å². The summed E-state index contributed by atoms with van der Waals surface area (Å²) < 4.78 is 16.4. The molecule has 4 heteroatoms. The van der Waals surface area contributed by atoms with E-state index in [2.05, 4.69) is 0 Å². The van der Waals surface area contributed by atoms with Crippen molar-refractivity contribution in [2.45, 2.75) is 31.8 Å². The fraction of sp³-hybridized carbons (Fsp3) is 0.500. The van der Waals surface area contributed by atoms with Gasteiger partial charge in [-0.2, -0.15) is 0 Å². The second-order valence-corrected chi connectivity index (χ2v) is 4.17. The molecule has 1 aliphatic heterocycles. The lowest BCUT2D eigenvalue weighted by Crippen LogP contribution is -2.32. The molecule has 1 aliphatic rings. The molecule has 1 heterocycles. The quantitative estimate of drug-likeness (QED) is 0.815. The van der Waals surface area contributed by atoms with Gasteiger partial charge in [-0.1, -0.05) is 11.6 Å². The SMILES string of the molecule is CO[C@H]1CCC[C@@H](Oc2ccc(Cl)cc2)O1. The molecule has 2 atom stereocenters. The molecule has 88 valence electrons. The maximum absolute atomic E-state index is 5.79. The third-order valence-corrected chi connectivity index (χ3v) is 2.78. The lowest BCUT2D eigenvalue weighted by Gasteiger charge is -2.29. The van der Waals surface area contributed by atoms with Crippen molar-refractivity contribution < 1.29 is 14.2 Å². The summed E-state index contributed by atoms with van der Waals surface area (Å²) in [5.41, 5.74) is 0. The van der Waals surface area contributed by atoms with Crippen LogP contribution in [0.25, 0.3) is 0 Å². The van der Waals surface area contributed by atoms with Crippen molar-refractivity contribution in [1.29, 1.82) is 0 Å². The lowest BCUT2D eigenvalue weighted by molar-refractivity contribution is -0.232. The Labute approximate surface area is 100 Å². The van der Waals surface area contributed by atoms with Crippen molar-refractivity contribution in [2.75, 3.05) is 7.11 Å². The van der Waals surface area contributed by atoms with Crippen molar-refractivity contribution in [2.24, 2.45) is 0 Å². The van der Waals surface area contributed by atoms with Gasteiger partial charge in [-0.05, 0) is 37.1 Å². The third kappa shape index (κ3) is 3.11. The Bertz CT molecular complexity index is 326. The third-order valence-electron chi connectivity index (χ3n) is 2.53. The van der Waals surface area contributed by atoms with Crippen LogP contribution in [0.5, 0.6) is 5.75 Å². The largest absolute Gasteiger partial charge is 0.465 e. The van der Waals surface area contributed by atoms with Crippen molar-refractivity contribution in [1.82, 2.24) is 0 Å². The molecule has 0 N–H and O–H groups in total. The van der Waals surface area contributed by atoms with Crippen LogP contribution in [0.15, 0.2) is 24.3 Å². The van der Waals surface area contributed by atoms with E-state index in [-0.39, 0.29) is 12.6 Å². The van der Waals surface area contributed by atoms with Gasteiger partial charge in [-0.25, -0.2) is 0 Å². The summed E-state index contributed by atoms with van der Waals surface area (Å²) in [5.74, 6) is 0.770. The highest BCUT2D eigenvalue weighted by Gasteiger charge is 2.23. The van der Waals surface area contributed by atoms with Gasteiger partial charge < -0.3 is 14.2 Å². The minimum atomic E-state index is -0.222. The van der Waals surface area contributed by atoms with Crippen molar-refractivity contribution in [3.05, 3.63) is 29.3 Å². The lowest BCUT2D eigenvalue weighted by atomic mass is 10.2. The fourth-order valence-electron chi connectivity index (χ4n) is 1.68. The number of rotatable bonds is 3. The van der Waals surface area contributed by atoms with E-state index < -0.39 is 0 Å². The van der Waals surface area contributed by atoms with Gasteiger partial charge >= 0.3 is 0 Å². The second kappa shape index (κ2) is 5.53. The van der Waals surface area contributed by atoms with Gasteiger partial charge in [0.1, 0.15) is 5.75 Å². The van der Waals surface area contributed by atoms with Crippen LogP contribution in [-0.2, 0) is 9.47 Å². The Morgan fingerprint density at radius 1 is 1.19 bits per heavy atom. The van der Waals surface area contributed by atoms with Crippen molar-refractivity contribution in [3.8, 4) is 5.75 Å². The van der Waals surface area contributed by atoms with Crippen molar-refractivity contribution >= 4 is 11.6 Å². The van der Waals surface area contributed by atoms with Gasteiger partial charge in [-0.15, -0.1) is 0 Å². The summed E-state index contributed by atoms with van der Waals surface area (Å²) in [6, 6.07) is 7.27. The molecular formula is C12H15ClO3. The molecule has 1 aromatic carbocycles. The average molecular weight is 243 g/mol. The highest BCUT2D eigenvalue weighted by atomic mass is 35.5. The van der Waals surface area contributed by atoms with E-state index >= 15 is 0 Å². The topological polar surface area (TPSA) is 27.7 Å². The molecule has 2 rings (SSSR count). The highest BCUT2D eigenvalue weighted by molar-refractivity contribution is 6.30. The Hall–Kier alpha value is -0.770. The number of halogens is 1. The van der Waals surface area contributed by atoms with E-state index in [1.165, 1.54) is 0 Å². The van der Waals surface area contributed by atoms with E-state index in [0.717, 1.165) is 25.0 Å². The van der Waals surface area contributed by atoms with Crippen molar-refractivity contribution in [3.63, 3.8) is 0 Å². The van der Waals surface area contributed by atoms with E-state index in [9.17, 15) is 0 Å². The molecule has 0 saturated carbocycles. The molecule has 0 unspecified atom stereocenters. The standard InChI is InChI=1S/C12H15ClO3/c1-14-11-3-2-4-12(16-11)15-10-7-5-9(13)6-8-10/h5-8,11-12H,2-4H2,1H3/t11-,12+/m1/s1. The Kier molecular flexibility index (Phi) is 4.04. The Balaban J connectivity index is 1.91. The molecular weight excluding hydrogens is 228 g/mol. The van der Waals surface area contributed by atoms with E-state index in [4.69, 9.17) is 25.8 Å². The Morgan fingerprint density at radius 3 is 2.56 bits per heavy atom. The van der Waals surface area contributed by atoms with Crippen LogP contribution in [0.2, 0.25) is 5.02 Å². The van der Waals surface area contributed by atoms with Gasteiger partial charge in [0.15, 0.2) is 6.29 Å². The molecule has 1 saturated heterocycles. The molecule has 0 amide bonds. The predicted molar refractivity (Wildman–Crippen MR) is 61.6 cm³/mol. The first kappa shape index (κ1) is 11.7. The minimum Gasteiger partial charge on any atom is -0.465 e. The van der Waals surface area contributed by atoms with Gasteiger partial charge in [0, 0.05) is 18.6 Å². The van der Waals surface area contributed by atoms with E-state index in [0.29, 0.717) is 5.02 Å². The zero-order valence-corrected chi connectivity index (χ0v) is 9.94. The molecule has 16 heavy (non-hydrogen) atoms. The fourth-order valence-corrected chi connectivity index (χ4v) is 1.81. The number of hydrogen-bond donors (Lipinski definition) is 0. The van der Waals surface area contributed by atoms with Gasteiger partial charge in [0.25, 0.3) is 0 Å². The minimum absolute atomic E-state index is 0.147. The summed E-state index contributed by atoms with van der Waals surface area (Å²) in [6.45, 7) is 0. The summed E-state index contributed by atoms with van der Waals surface area (Å²) >= 11 is 5.79. The zero-order chi connectivity index (χ0) is 11.4. The molecule has 0 aliphatic carbocycles. The molecule has 0 spiro atoms. The zero-order valence-electron chi connectivity index (χ0n) is 9.19. The molecule has 1 fully saturated rings. The predicted octanol–water partition coefficient (Wildman–Crippen LogP) is 3.22. The molecule has 0 radical (unpaired) electrons. The maximum Gasteiger partial charge on any atom is 0.202 e. The number of hydrogen-bond acceptors (Lipinski definition) is 3. The molecule has 0 bridgehead atoms. The van der Waals surface area contributed by atoms with Crippen LogP contribution in [0, 0.1) is 0 Å². The normalized spacial score (nSPS) is 25.4. The first-order chi connectivity index (χ1) is 7.78. The van der Waals surface area contributed by atoms with Crippen LogP contribution < -0.4 is 4.74 Å². The first-order valence-electron chi connectivity index (χ1n) is 5.38. The molecule has 0 aromatic heterocycles. The average Bonchev–Trinajstić information content (AvgIpc) is 2.32. The monoisotopic (exact) mass is 242 g/mol. The summed E-state index contributed by atoms with van der Waals surface area (Å²) in [4.78, 5) is 0. The smallest absolute Gasteiger partial charge is 0.202 e. The van der Waals surface area contributed by atoms with Crippen LogP contribution >= 0.6 is 11.6 Å². The second-order valence-electron chi connectivity index (χ2n) is 3.73. The van der Waals surface area contributed by atoms with Gasteiger partial charge in [-0.3, -0.25) is 0 Å². The van der Waals surface area contributed by atoms with Crippen LogP contribution in [0.3, 0.4) is 0 Å². The molecule has 3 nitrogen and oxygen atoms in total. The highest BCUT2D eigenvalue weighted by Crippen LogP contribution is 2.23. The number of methoxy groups -OCH3 is 1. The summed E-state index contributed by atoms with van der Waals surface area (Å²) in [5, 5.41) is 0.701. The summed E-state index contributed by atoms with van der Waals surface area (Å²) in [6.07, 6.45) is 2.50. The van der Waals surface area contributed by atoms with Crippen LogP contribution in [0.4, 0.5) is 0 Å². The van der Waals surface area contributed by atoms with E-state index in [1.54, 1.807) is 19.2 Å². The number of benzene rings is 1. The molecule has 1 aromatic rings. The Morgan fingerprint density at radius 2 is 1.88 bits per heavy atom. The maximum atomic E-state index is 5.79. The van der Waals surface area contributed by atoms with E-state index in [1.807, 2.05) is 12.1 Å². The van der Waals surface area contributed by atoms with Gasteiger partial charge in [0.2, 0.25) is 6.29 Å². The van der Waals surface area contributed by atoms with Crippen LogP contribution in [0.1, 0.15) is 19.3 Å². The first-order valence-corrected chi connectivity index (χ1v) is 5.76. The summed E-state index contributed by atoms with van der Waals surface area (Å²) in [7, 11) is 1.65. The number of ether oxygens (including phenoxy) is 3. The van der Waals surface area contributed by atoms with Gasteiger partial charge in [0.05, 0.1) is 0 Å².